The zero-order chi connectivity index (χ0) is 15.4. The topological polar surface area (TPSA) is 61.7 Å². The van der Waals surface area contributed by atoms with Crippen molar-refractivity contribution in [1.82, 2.24) is 5.43 Å². The third-order valence-electron chi connectivity index (χ3n) is 2.78. The number of nitrogens with zero attached hydrogens (tertiary/aromatic N) is 1. The van der Waals surface area contributed by atoms with Crippen LogP contribution in [-0.2, 0) is 0 Å². The van der Waals surface area contributed by atoms with Crippen LogP contribution in [0.3, 0.4) is 0 Å². The summed E-state index contributed by atoms with van der Waals surface area (Å²) in [5, 5.41) is 13.5. The minimum absolute atomic E-state index is 0.0935. The van der Waals surface area contributed by atoms with Crippen molar-refractivity contribution in [2.24, 2.45) is 5.10 Å². The molecule has 0 saturated heterocycles. The molecule has 0 spiro atoms. The van der Waals surface area contributed by atoms with Gasteiger partial charge >= 0.3 is 0 Å². The van der Waals surface area contributed by atoms with Crippen LogP contribution in [0.2, 0.25) is 0 Å². The molecular formula is C15H12Br2N2O2. The Balaban J connectivity index is 2.08. The van der Waals surface area contributed by atoms with Crippen LogP contribution in [0.4, 0.5) is 0 Å². The molecule has 0 aliphatic heterocycles. The van der Waals surface area contributed by atoms with E-state index in [0.29, 0.717) is 4.47 Å². The maximum atomic E-state index is 11.9. The number of phenols is 1. The predicted octanol–water partition coefficient (Wildman–Crippen LogP) is 3.99. The van der Waals surface area contributed by atoms with Gasteiger partial charge in [0.25, 0.3) is 5.91 Å². The molecule has 0 radical (unpaired) electrons. The van der Waals surface area contributed by atoms with Crippen LogP contribution in [-0.4, -0.2) is 17.2 Å². The molecule has 0 aromatic heterocycles. The Morgan fingerprint density at radius 3 is 2.71 bits per heavy atom. The Kier molecular flexibility index (Phi) is 5.14. The van der Waals surface area contributed by atoms with Crippen LogP contribution >= 0.6 is 31.9 Å². The first kappa shape index (κ1) is 15.7. The predicted molar refractivity (Wildman–Crippen MR) is 89.7 cm³/mol. The minimum atomic E-state index is -0.476. The number of hydrogen-bond acceptors (Lipinski definition) is 3. The highest BCUT2D eigenvalue weighted by Crippen LogP contribution is 2.21. The van der Waals surface area contributed by atoms with Crippen molar-refractivity contribution < 1.29 is 9.90 Å². The molecule has 0 saturated carbocycles. The highest BCUT2D eigenvalue weighted by atomic mass is 79.9. The van der Waals surface area contributed by atoms with Crippen LogP contribution in [0.25, 0.3) is 0 Å². The van der Waals surface area contributed by atoms with E-state index < -0.39 is 5.91 Å². The van der Waals surface area contributed by atoms with Gasteiger partial charge in [0.05, 0.1) is 11.8 Å². The minimum Gasteiger partial charge on any atom is -0.507 e. The van der Waals surface area contributed by atoms with Gasteiger partial charge < -0.3 is 5.11 Å². The van der Waals surface area contributed by atoms with Crippen LogP contribution in [0.5, 0.6) is 5.75 Å². The van der Waals surface area contributed by atoms with E-state index in [1.807, 2.05) is 25.1 Å². The number of hydrazone groups is 1. The van der Waals surface area contributed by atoms with Crippen molar-refractivity contribution in [2.75, 3.05) is 0 Å². The second-order valence-corrected chi connectivity index (χ2v) is 6.14. The van der Waals surface area contributed by atoms with E-state index >= 15 is 0 Å². The number of benzene rings is 2. The number of carbonyl (C=O) groups excluding carboxylic acids is 1. The lowest BCUT2D eigenvalue weighted by Crippen LogP contribution is -2.17. The van der Waals surface area contributed by atoms with Crippen LogP contribution in [0.1, 0.15) is 21.5 Å². The van der Waals surface area contributed by atoms with E-state index in [2.05, 4.69) is 42.4 Å². The fourth-order valence-corrected chi connectivity index (χ4v) is 2.36. The van der Waals surface area contributed by atoms with Crippen LogP contribution < -0.4 is 5.43 Å². The number of carbonyl (C=O) groups is 1. The molecule has 2 N–H and O–H groups in total. The van der Waals surface area contributed by atoms with Gasteiger partial charge in [0.15, 0.2) is 0 Å². The maximum Gasteiger partial charge on any atom is 0.275 e. The Morgan fingerprint density at radius 2 is 2.00 bits per heavy atom. The molecule has 0 aliphatic carbocycles. The van der Waals surface area contributed by atoms with Gasteiger partial charge in [-0.25, -0.2) is 5.43 Å². The van der Waals surface area contributed by atoms with Gasteiger partial charge in [-0.05, 0) is 42.3 Å². The summed E-state index contributed by atoms with van der Waals surface area (Å²) in [4.78, 5) is 11.9. The molecule has 108 valence electrons. The quantitative estimate of drug-likeness (QED) is 0.592. The summed E-state index contributed by atoms with van der Waals surface area (Å²) in [6, 6.07) is 10.4. The van der Waals surface area contributed by atoms with E-state index in [1.165, 1.54) is 18.3 Å². The second-order valence-electron chi connectivity index (χ2n) is 4.37. The van der Waals surface area contributed by atoms with Gasteiger partial charge in [-0.15, -0.1) is 0 Å². The summed E-state index contributed by atoms with van der Waals surface area (Å²) in [5.74, 6) is -0.569. The molecule has 2 aromatic rings. The van der Waals surface area contributed by atoms with Crippen molar-refractivity contribution in [1.29, 1.82) is 0 Å². The Labute approximate surface area is 139 Å². The smallest absolute Gasteiger partial charge is 0.275 e. The third-order valence-corrected chi connectivity index (χ3v) is 4.13. The maximum absolute atomic E-state index is 11.9. The van der Waals surface area contributed by atoms with Crippen molar-refractivity contribution in [3.8, 4) is 5.75 Å². The van der Waals surface area contributed by atoms with Crippen molar-refractivity contribution >= 4 is 44.0 Å². The number of aromatic hydroxyl groups is 1. The Morgan fingerprint density at radius 1 is 1.24 bits per heavy atom. The first-order chi connectivity index (χ1) is 9.97. The normalized spacial score (nSPS) is 10.8. The van der Waals surface area contributed by atoms with Gasteiger partial charge in [0.2, 0.25) is 0 Å². The van der Waals surface area contributed by atoms with E-state index in [9.17, 15) is 9.90 Å². The standard InChI is InChI=1S/C15H12Br2N2O2/c1-9-2-3-10(6-13(9)17)8-18-19-15(21)12-7-11(16)4-5-14(12)20/h2-8,20H,1H3,(H,19,21)/b18-8+. The van der Waals surface area contributed by atoms with Crippen molar-refractivity contribution in [3.05, 3.63) is 62.0 Å². The van der Waals surface area contributed by atoms with Gasteiger partial charge in [-0.1, -0.05) is 44.0 Å². The summed E-state index contributed by atoms with van der Waals surface area (Å²) in [7, 11) is 0. The van der Waals surface area contributed by atoms with E-state index in [1.54, 1.807) is 6.07 Å². The number of aryl methyl sites for hydroxylation is 1. The molecule has 0 bridgehead atoms. The monoisotopic (exact) mass is 410 g/mol. The first-order valence-electron chi connectivity index (χ1n) is 6.05. The summed E-state index contributed by atoms with van der Waals surface area (Å²) in [5.41, 5.74) is 4.52. The average molecular weight is 412 g/mol. The largest absolute Gasteiger partial charge is 0.507 e. The lowest BCUT2D eigenvalue weighted by Gasteiger charge is -2.03. The highest BCUT2D eigenvalue weighted by Gasteiger charge is 2.10. The molecule has 0 fully saturated rings. The molecule has 0 heterocycles. The third kappa shape index (κ3) is 4.15. The molecule has 6 heteroatoms. The Hall–Kier alpha value is -1.66. The van der Waals surface area contributed by atoms with Gasteiger partial charge in [0, 0.05) is 8.95 Å². The molecule has 4 nitrogen and oxygen atoms in total. The fraction of sp³-hybridized carbons (Fsp3) is 0.0667. The van der Waals surface area contributed by atoms with Gasteiger partial charge in [0.1, 0.15) is 5.75 Å². The number of amides is 1. The molecular weight excluding hydrogens is 400 g/mol. The lowest BCUT2D eigenvalue weighted by atomic mass is 10.2. The van der Waals surface area contributed by atoms with Crippen molar-refractivity contribution in [2.45, 2.75) is 6.92 Å². The summed E-state index contributed by atoms with van der Waals surface area (Å²) in [6.07, 6.45) is 1.54. The molecule has 2 rings (SSSR count). The van der Waals surface area contributed by atoms with E-state index in [-0.39, 0.29) is 11.3 Å². The zero-order valence-corrected chi connectivity index (χ0v) is 14.3. The van der Waals surface area contributed by atoms with E-state index in [0.717, 1.165) is 15.6 Å². The molecule has 0 unspecified atom stereocenters. The molecule has 1 amide bonds. The first-order valence-corrected chi connectivity index (χ1v) is 7.64. The highest BCUT2D eigenvalue weighted by molar-refractivity contribution is 9.10. The zero-order valence-electron chi connectivity index (χ0n) is 11.1. The number of rotatable bonds is 3. The number of hydrogen-bond donors (Lipinski definition) is 2. The van der Waals surface area contributed by atoms with Gasteiger partial charge in [-0.2, -0.15) is 5.10 Å². The number of halogens is 2. The molecule has 2 aromatic carbocycles. The Bertz CT molecular complexity index is 715. The number of nitrogens with one attached hydrogen (secondary N) is 1. The van der Waals surface area contributed by atoms with Crippen molar-refractivity contribution in [3.63, 3.8) is 0 Å². The lowest BCUT2D eigenvalue weighted by molar-refractivity contribution is 0.0952. The molecule has 0 aliphatic rings. The molecule has 0 atom stereocenters. The summed E-state index contributed by atoms with van der Waals surface area (Å²) < 4.78 is 1.68. The van der Waals surface area contributed by atoms with Gasteiger partial charge in [-0.3, -0.25) is 4.79 Å². The van der Waals surface area contributed by atoms with E-state index in [4.69, 9.17) is 0 Å². The molecule has 21 heavy (non-hydrogen) atoms. The van der Waals surface area contributed by atoms with Crippen LogP contribution in [0, 0.1) is 6.92 Å². The second kappa shape index (κ2) is 6.87. The summed E-state index contributed by atoms with van der Waals surface area (Å²) in [6.45, 7) is 1.99. The SMILES string of the molecule is Cc1ccc(/C=N/NC(=O)c2cc(Br)ccc2O)cc1Br. The summed E-state index contributed by atoms with van der Waals surface area (Å²) >= 11 is 6.68. The fourth-order valence-electron chi connectivity index (χ4n) is 1.61. The average Bonchev–Trinajstić information content (AvgIpc) is 2.45. The number of phenolic OH excluding ortho intramolecular Hbond substituents is 1. The van der Waals surface area contributed by atoms with Crippen LogP contribution in [0.15, 0.2) is 50.4 Å².